The Morgan fingerprint density at radius 1 is 1.45 bits per heavy atom. The van der Waals surface area contributed by atoms with E-state index in [1.807, 2.05) is 0 Å². The fourth-order valence-electron chi connectivity index (χ4n) is 3.02. The number of rotatable bonds is 1. The van der Waals surface area contributed by atoms with E-state index in [0.29, 0.717) is 5.56 Å². The molecule has 158 valence electrons. The van der Waals surface area contributed by atoms with E-state index >= 15 is 0 Å². The number of alkyl carbamates (subject to hydrolysis) is 1. The first-order chi connectivity index (χ1) is 14.3. The zero-order valence-corrected chi connectivity index (χ0v) is 18.2. The molecule has 0 unspecified atom stereocenters. The fourth-order valence-corrected chi connectivity index (χ4v) is 5.05. The second kappa shape index (κ2) is 7.45. The molecule has 0 saturated carbocycles. The fraction of sp³-hybridized carbons (Fsp3) is 0.524. The van der Waals surface area contributed by atoms with Crippen molar-refractivity contribution < 1.29 is 22.2 Å². The molecule has 1 aromatic carbocycles. The number of benzene rings is 1. The first-order valence-corrected chi connectivity index (χ1v) is 10.6. The molecule has 0 aromatic heterocycles. The Hall–Kier alpha value is -2.40. The Morgan fingerprint density at radius 2 is 2.10 bits per heavy atom. The number of amidine groups is 1. The highest BCUT2D eigenvalue weighted by Gasteiger charge is 2.49. The van der Waals surface area contributed by atoms with Gasteiger partial charge in [0, 0.05) is 22.2 Å². The smallest absolute Gasteiger partial charge is 0.413 e. The minimum Gasteiger partial charge on any atom is -0.444 e. The summed E-state index contributed by atoms with van der Waals surface area (Å²) in [5.41, 5.74) is -1.98. The van der Waals surface area contributed by atoms with Crippen LogP contribution in [0, 0.1) is 18.2 Å². The van der Waals surface area contributed by atoms with E-state index < -0.39 is 50.3 Å². The number of amides is 1. The molecular weight excluding hydrogens is 393 g/mol. The van der Waals surface area contributed by atoms with Gasteiger partial charge in [0.25, 0.3) is 0 Å². The van der Waals surface area contributed by atoms with Crippen LogP contribution in [0.5, 0.6) is 0 Å². The summed E-state index contributed by atoms with van der Waals surface area (Å²) in [6, 6.07) is 3.95. The summed E-state index contributed by atoms with van der Waals surface area (Å²) in [4.78, 5) is 17.0. The Morgan fingerprint density at radius 3 is 2.66 bits per heavy atom. The van der Waals surface area contributed by atoms with Crippen LogP contribution in [0.4, 0.5) is 9.18 Å². The number of hydrogen-bond donors (Lipinski definition) is 1. The standard InChI is InChI=1S/C21H28FN3O3S/c1-9-14-10-11-16(22)15(12-14)21(7)13-29(27,23-8)20(5,6)17(25-21)24-18(26)28-19(2,3)4/h1,10-12H,13H2,2-8H3,(H,24,25,26)/t21-,29+/m0/s1/i8D3. The van der Waals surface area contributed by atoms with Gasteiger partial charge in [0.1, 0.15) is 27.5 Å². The van der Waals surface area contributed by atoms with Crippen molar-refractivity contribution in [1.82, 2.24) is 5.32 Å². The van der Waals surface area contributed by atoms with Crippen molar-refractivity contribution in [2.24, 2.45) is 9.36 Å². The van der Waals surface area contributed by atoms with Gasteiger partial charge in [-0.1, -0.05) is 5.92 Å². The maximum Gasteiger partial charge on any atom is 0.413 e. The third kappa shape index (κ3) is 4.45. The lowest BCUT2D eigenvalue weighted by Gasteiger charge is -2.41. The SMILES string of the molecule is [2H]C([2H])([2H])N=[S@@]1(=O)C[C@@](C)(c2cc(C#C)ccc2F)N=C(NC(=O)OC(C)(C)C)C1(C)C. The van der Waals surface area contributed by atoms with Crippen molar-refractivity contribution in [3.63, 3.8) is 0 Å². The molecule has 1 aliphatic heterocycles. The van der Waals surface area contributed by atoms with E-state index in [-0.39, 0.29) is 11.4 Å². The normalized spacial score (nSPS) is 28.1. The Kier molecular flexibility index (Phi) is 4.78. The summed E-state index contributed by atoms with van der Waals surface area (Å²) < 4.78 is 59.1. The molecule has 0 fully saturated rings. The van der Waals surface area contributed by atoms with Crippen LogP contribution in [0.15, 0.2) is 27.6 Å². The minimum absolute atomic E-state index is 0.0143. The van der Waals surface area contributed by atoms with Crippen molar-refractivity contribution in [1.29, 1.82) is 0 Å². The average Bonchev–Trinajstić information content (AvgIpc) is 2.56. The zero-order chi connectivity index (χ0) is 24.8. The second-order valence-corrected chi connectivity index (χ2v) is 11.4. The van der Waals surface area contributed by atoms with Crippen LogP contribution in [0.2, 0.25) is 0 Å². The topological polar surface area (TPSA) is 80.1 Å². The molecule has 1 aromatic rings. The monoisotopic (exact) mass is 424 g/mol. The summed E-state index contributed by atoms with van der Waals surface area (Å²) >= 11 is 0. The number of hydrogen-bond acceptors (Lipinski definition) is 5. The van der Waals surface area contributed by atoms with Gasteiger partial charge >= 0.3 is 6.09 Å². The molecule has 0 saturated heterocycles. The number of nitrogens with zero attached hydrogens (tertiary/aromatic N) is 2. The molecule has 29 heavy (non-hydrogen) atoms. The highest BCUT2D eigenvalue weighted by atomic mass is 32.2. The summed E-state index contributed by atoms with van der Waals surface area (Å²) in [6.45, 7) is 6.54. The first kappa shape index (κ1) is 18.6. The van der Waals surface area contributed by atoms with Gasteiger partial charge in [-0.05, 0) is 59.7 Å². The summed E-state index contributed by atoms with van der Waals surface area (Å²) in [5.74, 6) is 1.23. The number of terminal acetylenes is 1. The largest absolute Gasteiger partial charge is 0.444 e. The van der Waals surface area contributed by atoms with Gasteiger partial charge in [0.2, 0.25) is 0 Å². The molecule has 1 N–H and O–H groups in total. The third-order valence-corrected chi connectivity index (χ3v) is 7.72. The van der Waals surface area contributed by atoms with E-state index in [1.54, 1.807) is 20.8 Å². The number of aliphatic imine (C=N–C) groups is 1. The highest BCUT2D eigenvalue weighted by Crippen LogP contribution is 2.39. The molecule has 1 amide bonds. The van der Waals surface area contributed by atoms with Crippen molar-refractivity contribution in [3.05, 3.63) is 35.1 Å². The van der Waals surface area contributed by atoms with E-state index in [0.717, 1.165) is 6.07 Å². The van der Waals surface area contributed by atoms with E-state index in [9.17, 15) is 13.4 Å². The van der Waals surface area contributed by atoms with Crippen LogP contribution in [0.3, 0.4) is 0 Å². The molecule has 0 spiro atoms. The zero-order valence-electron chi connectivity index (χ0n) is 20.4. The maximum atomic E-state index is 14.8. The lowest BCUT2D eigenvalue weighted by Crippen LogP contribution is -2.57. The molecule has 0 bridgehead atoms. The number of carbonyl (C=O) groups is 1. The van der Waals surface area contributed by atoms with Gasteiger partial charge in [0.05, 0.1) is 15.5 Å². The van der Waals surface area contributed by atoms with Gasteiger partial charge < -0.3 is 4.74 Å². The van der Waals surface area contributed by atoms with E-state index in [2.05, 4.69) is 20.6 Å². The summed E-state index contributed by atoms with van der Waals surface area (Å²) in [5, 5.41) is 2.48. The predicted molar refractivity (Wildman–Crippen MR) is 114 cm³/mol. The third-order valence-electron chi connectivity index (χ3n) is 4.68. The molecule has 8 heteroatoms. The lowest BCUT2D eigenvalue weighted by molar-refractivity contribution is 0.0560. The highest BCUT2D eigenvalue weighted by molar-refractivity contribution is 7.95. The van der Waals surface area contributed by atoms with Gasteiger partial charge in [-0.25, -0.2) is 17.8 Å². The molecule has 1 aliphatic rings. The summed E-state index contributed by atoms with van der Waals surface area (Å²) in [7, 11) is -3.61. The van der Waals surface area contributed by atoms with Crippen LogP contribution in [0.1, 0.15) is 56.8 Å². The Balaban J connectivity index is 2.78. The number of nitrogens with one attached hydrogen (secondary N) is 1. The van der Waals surface area contributed by atoms with Crippen LogP contribution < -0.4 is 5.32 Å². The average molecular weight is 425 g/mol. The molecule has 2 rings (SSSR count). The number of carbonyl (C=O) groups excluding carboxylic acids is 1. The Bertz CT molecular complexity index is 1120. The first-order valence-electron chi connectivity index (χ1n) is 10.4. The molecule has 6 nitrogen and oxygen atoms in total. The van der Waals surface area contributed by atoms with Crippen LogP contribution in [-0.4, -0.2) is 39.2 Å². The molecule has 2 atom stereocenters. The van der Waals surface area contributed by atoms with E-state index in [4.69, 9.17) is 15.3 Å². The number of halogens is 1. The van der Waals surface area contributed by atoms with Crippen LogP contribution >= 0.6 is 0 Å². The summed E-state index contributed by atoms with van der Waals surface area (Å²) in [6.07, 6.45) is 4.57. The van der Waals surface area contributed by atoms with E-state index in [1.165, 1.54) is 32.9 Å². The molecule has 0 aliphatic carbocycles. The molecule has 0 radical (unpaired) electrons. The van der Waals surface area contributed by atoms with Gasteiger partial charge in [-0.3, -0.25) is 10.3 Å². The van der Waals surface area contributed by atoms with Crippen molar-refractivity contribution in [3.8, 4) is 12.3 Å². The van der Waals surface area contributed by atoms with Crippen molar-refractivity contribution >= 4 is 21.7 Å². The van der Waals surface area contributed by atoms with Crippen LogP contribution in [-0.2, 0) is 20.0 Å². The van der Waals surface area contributed by atoms with Gasteiger partial charge in [0.15, 0.2) is 0 Å². The minimum atomic E-state index is -3.61. The number of ether oxygens (including phenoxy) is 1. The maximum absolute atomic E-state index is 14.8. The predicted octanol–water partition coefficient (Wildman–Crippen LogP) is 3.84. The van der Waals surface area contributed by atoms with Gasteiger partial charge in [-0.15, -0.1) is 6.42 Å². The second-order valence-electron chi connectivity index (χ2n) is 8.59. The van der Waals surface area contributed by atoms with Crippen molar-refractivity contribution in [2.75, 3.05) is 12.7 Å². The molecule has 1 heterocycles. The van der Waals surface area contributed by atoms with Crippen molar-refractivity contribution in [2.45, 2.75) is 57.4 Å². The quantitative estimate of drug-likeness (QED) is 0.696. The van der Waals surface area contributed by atoms with Gasteiger partial charge in [-0.2, -0.15) is 0 Å². The lowest BCUT2D eigenvalue weighted by atomic mass is 9.92. The molecular formula is C21H28FN3O3S. The van der Waals surface area contributed by atoms with Crippen LogP contribution in [0.25, 0.3) is 0 Å². The Labute approximate surface area is 176 Å².